The van der Waals surface area contributed by atoms with Gasteiger partial charge in [-0.3, -0.25) is 0 Å². The van der Waals surface area contributed by atoms with Crippen LogP contribution in [0.3, 0.4) is 0 Å². The van der Waals surface area contributed by atoms with Crippen LogP contribution >= 0.6 is 11.6 Å². The first-order valence-electron chi connectivity index (χ1n) is 9.11. The Balaban J connectivity index is 1.56. The van der Waals surface area contributed by atoms with Gasteiger partial charge in [-0.05, 0) is 49.1 Å². The van der Waals surface area contributed by atoms with Crippen molar-refractivity contribution in [1.82, 2.24) is 10.3 Å². The molecule has 0 amide bonds. The molecular formula is C20H26ClN3O2. The fraction of sp³-hybridized carbons (Fsp3) is 0.450. The van der Waals surface area contributed by atoms with Crippen molar-refractivity contribution >= 4 is 17.4 Å². The smallest absolute Gasteiger partial charge is 0.179 e. The predicted molar refractivity (Wildman–Crippen MR) is 105 cm³/mol. The second kappa shape index (κ2) is 9.10. The van der Waals surface area contributed by atoms with Gasteiger partial charge in [-0.1, -0.05) is 17.7 Å². The number of anilines is 1. The molecule has 1 N–H and O–H groups in total. The molecule has 1 aromatic heterocycles. The molecule has 0 atom stereocenters. The van der Waals surface area contributed by atoms with E-state index in [0.29, 0.717) is 29.7 Å². The van der Waals surface area contributed by atoms with Crippen LogP contribution in [0.15, 0.2) is 30.5 Å². The lowest BCUT2D eigenvalue weighted by atomic mass is 10.2. The minimum atomic E-state index is 0.550. The maximum Gasteiger partial charge on any atom is 0.179 e. The summed E-state index contributed by atoms with van der Waals surface area (Å²) in [6.07, 6.45) is 4.48. The number of halogens is 1. The molecule has 1 aromatic carbocycles. The molecule has 0 saturated carbocycles. The summed E-state index contributed by atoms with van der Waals surface area (Å²) in [6.45, 7) is 6.15. The molecule has 140 valence electrons. The third-order valence-electron chi connectivity index (χ3n) is 4.48. The molecule has 0 radical (unpaired) electrons. The summed E-state index contributed by atoms with van der Waals surface area (Å²) < 4.78 is 10.9. The maximum atomic E-state index is 6.32. The van der Waals surface area contributed by atoms with Crippen LogP contribution in [0.4, 0.5) is 5.82 Å². The first-order chi connectivity index (χ1) is 12.7. The number of nitrogens with one attached hydrogen (secondary N) is 1. The highest BCUT2D eigenvalue weighted by molar-refractivity contribution is 6.32. The highest BCUT2D eigenvalue weighted by Crippen LogP contribution is 2.36. The number of hydrogen-bond acceptors (Lipinski definition) is 5. The van der Waals surface area contributed by atoms with Crippen LogP contribution in [0.5, 0.6) is 11.5 Å². The molecule has 2 heterocycles. The summed E-state index contributed by atoms with van der Waals surface area (Å²) in [5.74, 6) is 2.34. The molecule has 1 fully saturated rings. The van der Waals surface area contributed by atoms with E-state index >= 15 is 0 Å². The Kier molecular flexibility index (Phi) is 6.58. The molecule has 5 nitrogen and oxygen atoms in total. The van der Waals surface area contributed by atoms with E-state index in [0.717, 1.165) is 36.6 Å². The van der Waals surface area contributed by atoms with Gasteiger partial charge in [-0.25, -0.2) is 4.98 Å². The Labute approximate surface area is 160 Å². The third kappa shape index (κ3) is 4.59. The van der Waals surface area contributed by atoms with E-state index in [1.807, 2.05) is 25.3 Å². The maximum absolute atomic E-state index is 6.32. The van der Waals surface area contributed by atoms with Crippen LogP contribution in [0.25, 0.3) is 0 Å². The van der Waals surface area contributed by atoms with E-state index in [1.54, 1.807) is 7.11 Å². The summed E-state index contributed by atoms with van der Waals surface area (Å²) in [7, 11) is 1.62. The van der Waals surface area contributed by atoms with Gasteiger partial charge in [0, 0.05) is 32.4 Å². The minimum absolute atomic E-state index is 0.550. The molecule has 2 aromatic rings. The van der Waals surface area contributed by atoms with Crippen LogP contribution in [-0.2, 0) is 13.1 Å². The highest BCUT2D eigenvalue weighted by Gasteiger charge is 2.13. The zero-order valence-electron chi connectivity index (χ0n) is 15.4. The first-order valence-corrected chi connectivity index (χ1v) is 9.49. The first kappa shape index (κ1) is 18.8. The number of hydrogen-bond donors (Lipinski definition) is 1. The van der Waals surface area contributed by atoms with Gasteiger partial charge in [0.25, 0.3) is 0 Å². The zero-order valence-corrected chi connectivity index (χ0v) is 16.2. The highest BCUT2D eigenvalue weighted by atomic mass is 35.5. The van der Waals surface area contributed by atoms with E-state index < -0.39 is 0 Å². The van der Waals surface area contributed by atoms with Gasteiger partial charge in [0.2, 0.25) is 0 Å². The monoisotopic (exact) mass is 375 g/mol. The third-order valence-corrected chi connectivity index (χ3v) is 4.76. The molecule has 3 rings (SSSR count). The van der Waals surface area contributed by atoms with E-state index in [1.165, 1.54) is 12.8 Å². The van der Waals surface area contributed by atoms with Gasteiger partial charge in [0.1, 0.15) is 5.82 Å². The number of pyridine rings is 1. The van der Waals surface area contributed by atoms with Crippen molar-refractivity contribution < 1.29 is 9.47 Å². The molecule has 1 aliphatic heterocycles. The van der Waals surface area contributed by atoms with E-state index in [4.69, 9.17) is 21.1 Å². The molecule has 0 unspecified atom stereocenters. The average molecular weight is 376 g/mol. The van der Waals surface area contributed by atoms with Crippen LogP contribution in [0.1, 0.15) is 30.9 Å². The summed E-state index contributed by atoms with van der Waals surface area (Å²) in [5, 5.41) is 4.00. The second-order valence-corrected chi connectivity index (χ2v) is 6.77. The summed E-state index contributed by atoms with van der Waals surface area (Å²) >= 11 is 6.32. The standard InChI is InChI=1S/C20H26ClN3O2/c1-3-26-20-17(21)10-16(11-18(20)25-2)13-22-12-15-6-7-19(23-14-15)24-8-4-5-9-24/h6-7,10-11,14,22H,3-5,8-9,12-13H2,1-2H3. The molecular weight excluding hydrogens is 350 g/mol. The molecule has 0 aliphatic carbocycles. The largest absolute Gasteiger partial charge is 0.493 e. The molecule has 0 spiro atoms. The lowest BCUT2D eigenvalue weighted by Crippen LogP contribution is -2.19. The van der Waals surface area contributed by atoms with E-state index in [2.05, 4.69) is 27.3 Å². The lowest BCUT2D eigenvalue weighted by Gasteiger charge is -2.16. The Morgan fingerprint density at radius 1 is 1.15 bits per heavy atom. The van der Waals surface area contributed by atoms with Gasteiger partial charge in [0.15, 0.2) is 11.5 Å². The van der Waals surface area contributed by atoms with Crippen molar-refractivity contribution in [3.63, 3.8) is 0 Å². The quantitative estimate of drug-likeness (QED) is 0.754. The topological polar surface area (TPSA) is 46.6 Å². The van der Waals surface area contributed by atoms with Crippen LogP contribution in [-0.4, -0.2) is 31.8 Å². The van der Waals surface area contributed by atoms with Crippen molar-refractivity contribution in [1.29, 1.82) is 0 Å². The van der Waals surface area contributed by atoms with Crippen molar-refractivity contribution in [3.05, 3.63) is 46.6 Å². The number of benzene rings is 1. The van der Waals surface area contributed by atoms with Crippen molar-refractivity contribution in [2.45, 2.75) is 32.9 Å². The molecule has 6 heteroatoms. The van der Waals surface area contributed by atoms with Crippen molar-refractivity contribution in [3.8, 4) is 11.5 Å². The fourth-order valence-electron chi connectivity index (χ4n) is 3.17. The second-order valence-electron chi connectivity index (χ2n) is 6.36. The number of aromatic nitrogens is 1. The molecule has 26 heavy (non-hydrogen) atoms. The number of ether oxygens (including phenoxy) is 2. The average Bonchev–Trinajstić information content (AvgIpc) is 3.19. The number of nitrogens with zero attached hydrogens (tertiary/aromatic N) is 2. The van der Waals surface area contributed by atoms with E-state index in [9.17, 15) is 0 Å². The molecule has 0 bridgehead atoms. The summed E-state index contributed by atoms with van der Waals surface area (Å²) in [5.41, 5.74) is 2.22. The lowest BCUT2D eigenvalue weighted by molar-refractivity contribution is 0.311. The van der Waals surface area contributed by atoms with Crippen molar-refractivity contribution in [2.24, 2.45) is 0 Å². The van der Waals surface area contributed by atoms with Gasteiger partial charge in [-0.2, -0.15) is 0 Å². The number of methoxy groups -OCH3 is 1. The van der Waals surface area contributed by atoms with Crippen LogP contribution < -0.4 is 19.7 Å². The predicted octanol–water partition coefficient (Wildman–Crippen LogP) is 4.03. The fourth-order valence-corrected chi connectivity index (χ4v) is 3.45. The Morgan fingerprint density at radius 2 is 1.92 bits per heavy atom. The van der Waals surface area contributed by atoms with Gasteiger partial charge in [0.05, 0.1) is 18.7 Å². The minimum Gasteiger partial charge on any atom is -0.493 e. The SMILES string of the molecule is CCOc1c(Cl)cc(CNCc2ccc(N3CCCC3)nc2)cc1OC. The zero-order chi connectivity index (χ0) is 18.4. The normalized spacial score (nSPS) is 13.9. The van der Waals surface area contributed by atoms with Crippen molar-refractivity contribution in [2.75, 3.05) is 31.7 Å². The van der Waals surface area contributed by atoms with Crippen LogP contribution in [0.2, 0.25) is 5.02 Å². The summed E-state index contributed by atoms with van der Waals surface area (Å²) in [6, 6.07) is 8.12. The van der Waals surface area contributed by atoms with Gasteiger partial charge >= 0.3 is 0 Å². The molecule has 1 aliphatic rings. The van der Waals surface area contributed by atoms with Crippen LogP contribution in [0, 0.1) is 0 Å². The number of rotatable bonds is 8. The van der Waals surface area contributed by atoms with Gasteiger partial charge < -0.3 is 19.7 Å². The van der Waals surface area contributed by atoms with Gasteiger partial charge in [-0.15, -0.1) is 0 Å². The Hall–Kier alpha value is -1.98. The van der Waals surface area contributed by atoms with E-state index in [-0.39, 0.29) is 0 Å². The molecule has 1 saturated heterocycles. The summed E-state index contributed by atoms with van der Waals surface area (Å²) in [4.78, 5) is 6.93. The Bertz CT molecular complexity index is 716. The Morgan fingerprint density at radius 3 is 2.58 bits per heavy atom.